The highest BCUT2D eigenvalue weighted by Crippen LogP contribution is 2.37. The van der Waals surface area contributed by atoms with Crippen LogP contribution >= 0.6 is 0 Å². The van der Waals surface area contributed by atoms with E-state index < -0.39 is 46.9 Å². The normalized spacial score (nSPS) is 13.5. The third-order valence-corrected chi connectivity index (χ3v) is 6.28. The predicted octanol–water partition coefficient (Wildman–Crippen LogP) is 7.31. The van der Waals surface area contributed by atoms with Gasteiger partial charge < -0.3 is 9.84 Å². The van der Waals surface area contributed by atoms with Crippen molar-refractivity contribution in [2.75, 3.05) is 6.61 Å². The molecule has 180 valence electrons. The van der Waals surface area contributed by atoms with Gasteiger partial charge in [0.2, 0.25) is 5.82 Å². The molecule has 1 atom stereocenters. The molecule has 0 aliphatic heterocycles. The molecule has 7 heteroatoms. The van der Waals surface area contributed by atoms with Gasteiger partial charge in [0.25, 0.3) is 0 Å². The van der Waals surface area contributed by atoms with Crippen molar-refractivity contribution in [1.82, 2.24) is 0 Å². The van der Waals surface area contributed by atoms with Gasteiger partial charge in [-0.3, -0.25) is 0 Å². The molecule has 1 rings (SSSR count). The minimum Gasteiger partial charge on any atom is -0.389 e. The van der Waals surface area contributed by atoms with E-state index in [1.165, 1.54) is 6.42 Å². The van der Waals surface area contributed by atoms with Crippen molar-refractivity contribution in [1.29, 1.82) is 0 Å². The standard InChI is InChI=1S/C24H37F5O2/c1-6-7-8-9-10-11-12-17(24(30,15(2)3)16(4)5)13-31-14-18-19(25)21(27)23(29)22(28)20(18)26/h15-17,30H,6-14H2,1-5H3. The zero-order chi connectivity index (χ0) is 23.8. The van der Waals surface area contributed by atoms with Crippen molar-refractivity contribution in [3.8, 4) is 0 Å². The Labute approximate surface area is 183 Å². The molecule has 1 N–H and O–H groups in total. The van der Waals surface area contributed by atoms with Gasteiger partial charge in [0.15, 0.2) is 23.3 Å². The summed E-state index contributed by atoms with van der Waals surface area (Å²) < 4.78 is 73.4. The fourth-order valence-corrected chi connectivity index (χ4v) is 4.31. The fraction of sp³-hybridized carbons (Fsp3) is 0.750. The van der Waals surface area contributed by atoms with Crippen LogP contribution < -0.4 is 0 Å². The van der Waals surface area contributed by atoms with Crippen LogP contribution in [-0.2, 0) is 11.3 Å². The van der Waals surface area contributed by atoms with Crippen LogP contribution in [0.2, 0.25) is 0 Å². The molecule has 1 aromatic rings. The molecule has 0 saturated carbocycles. The molecule has 0 saturated heterocycles. The Hall–Kier alpha value is -1.21. The summed E-state index contributed by atoms with van der Waals surface area (Å²) in [6.07, 6.45) is 7.08. The number of hydrogen-bond donors (Lipinski definition) is 1. The Kier molecular flexibility index (Phi) is 11.4. The van der Waals surface area contributed by atoms with E-state index in [2.05, 4.69) is 6.92 Å². The van der Waals surface area contributed by atoms with Gasteiger partial charge in [-0.25, -0.2) is 22.0 Å². The van der Waals surface area contributed by atoms with E-state index in [0.717, 1.165) is 32.1 Å². The zero-order valence-electron chi connectivity index (χ0n) is 19.3. The number of unbranched alkanes of at least 4 members (excludes halogenated alkanes) is 5. The lowest BCUT2D eigenvalue weighted by Gasteiger charge is -2.43. The molecule has 1 aromatic carbocycles. The Morgan fingerprint density at radius 2 is 1.19 bits per heavy atom. The fourth-order valence-electron chi connectivity index (χ4n) is 4.31. The molecule has 0 fully saturated rings. The molecule has 2 nitrogen and oxygen atoms in total. The monoisotopic (exact) mass is 452 g/mol. The Bertz CT molecular complexity index is 654. The maximum atomic E-state index is 13.9. The van der Waals surface area contributed by atoms with Gasteiger partial charge in [0.05, 0.1) is 24.4 Å². The molecule has 0 aliphatic carbocycles. The average Bonchev–Trinajstić information content (AvgIpc) is 2.73. The van der Waals surface area contributed by atoms with Crippen molar-refractivity contribution < 1.29 is 31.8 Å². The molecule has 0 spiro atoms. The lowest BCUT2D eigenvalue weighted by molar-refractivity contribution is -0.122. The summed E-state index contributed by atoms with van der Waals surface area (Å²) in [6.45, 7) is 8.95. The van der Waals surface area contributed by atoms with Gasteiger partial charge in [-0.1, -0.05) is 73.1 Å². The van der Waals surface area contributed by atoms with Crippen LogP contribution in [0.5, 0.6) is 0 Å². The summed E-state index contributed by atoms with van der Waals surface area (Å²) >= 11 is 0. The zero-order valence-corrected chi connectivity index (χ0v) is 19.3. The van der Waals surface area contributed by atoms with Gasteiger partial charge in [-0.2, -0.15) is 0 Å². The molecule has 0 aromatic heterocycles. The molecule has 1 unspecified atom stereocenters. The van der Waals surface area contributed by atoms with Crippen molar-refractivity contribution in [3.05, 3.63) is 34.6 Å². The number of halogens is 5. The third-order valence-electron chi connectivity index (χ3n) is 6.28. The summed E-state index contributed by atoms with van der Waals surface area (Å²) in [4.78, 5) is 0. The second kappa shape index (κ2) is 12.7. The number of ether oxygens (including phenoxy) is 1. The van der Waals surface area contributed by atoms with E-state index in [1.807, 2.05) is 27.7 Å². The highest BCUT2D eigenvalue weighted by atomic mass is 19.2. The van der Waals surface area contributed by atoms with Crippen molar-refractivity contribution >= 4 is 0 Å². The van der Waals surface area contributed by atoms with Crippen LogP contribution in [0, 0.1) is 46.8 Å². The van der Waals surface area contributed by atoms with Crippen molar-refractivity contribution in [2.45, 2.75) is 91.8 Å². The van der Waals surface area contributed by atoms with E-state index in [4.69, 9.17) is 4.74 Å². The Balaban J connectivity index is 2.91. The van der Waals surface area contributed by atoms with Gasteiger partial charge >= 0.3 is 0 Å². The van der Waals surface area contributed by atoms with Gasteiger partial charge in [0, 0.05) is 5.92 Å². The molecule has 0 radical (unpaired) electrons. The highest BCUT2D eigenvalue weighted by molar-refractivity contribution is 5.23. The minimum absolute atomic E-state index is 0.0404. The minimum atomic E-state index is -2.19. The van der Waals surface area contributed by atoms with Crippen LogP contribution in [0.25, 0.3) is 0 Å². The van der Waals surface area contributed by atoms with Gasteiger partial charge in [0.1, 0.15) is 0 Å². The molecular formula is C24H37F5O2. The van der Waals surface area contributed by atoms with E-state index in [9.17, 15) is 27.1 Å². The SMILES string of the molecule is CCCCCCCCC(COCc1c(F)c(F)c(F)c(F)c1F)C(O)(C(C)C)C(C)C. The number of rotatable bonds is 14. The lowest BCUT2D eigenvalue weighted by Crippen LogP contribution is -2.49. The molecule has 31 heavy (non-hydrogen) atoms. The maximum absolute atomic E-state index is 13.9. The number of benzene rings is 1. The first-order valence-electron chi connectivity index (χ1n) is 11.3. The van der Waals surface area contributed by atoms with E-state index in [1.54, 1.807) is 0 Å². The first-order chi connectivity index (χ1) is 14.5. The summed E-state index contributed by atoms with van der Waals surface area (Å²) in [7, 11) is 0. The topological polar surface area (TPSA) is 29.5 Å². The molecule has 0 aliphatic rings. The number of hydrogen-bond acceptors (Lipinski definition) is 2. The van der Waals surface area contributed by atoms with Crippen LogP contribution in [-0.4, -0.2) is 17.3 Å². The van der Waals surface area contributed by atoms with Crippen molar-refractivity contribution in [3.63, 3.8) is 0 Å². The first kappa shape index (κ1) is 27.8. The van der Waals surface area contributed by atoms with Gasteiger partial charge in [-0.05, 0) is 18.3 Å². The predicted molar refractivity (Wildman–Crippen MR) is 112 cm³/mol. The van der Waals surface area contributed by atoms with Crippen LogP contribution in [0.1, 0.15) is 85.1 Å². The van der Waals surface area contributed by atoms with E-state index in [0.29, 0.717) is 6.42 Å². The summed E-state index contributed by atoms with van der Waals surface area (Å²) in [6, 6.07) is 0. The third kappa shape index (κ3) is 6.88. The Morgan fingerprint density at radius 1 is 0.742 bits per heavy atom. The van der Waals surface area contributed by atoms with Crippen LogP contribution in [0.3, 0.4) is 0 Å². The van der Waals surface area contributed by atoms with Crippen LogP contribution in [0.4, 0.5) is 22.0 Å². The van der Waals surface area contributed by atoms with Crippen molar-refractivity contribution in [2.24, 2.45) is 17.8 Å². The largest absolute Gasteiger partial charge is 0.389 e. The highest BCUT2D eigenvalue weighted by Gasteiger charge is 2.42. The summed E-state index contributed by atoms with van der Waals surface area (Å²) in [5, 5.41) is 11.4. The van der Waals surface area contributed by atoms with Crippen LogP contribution in [0.15, 0.2) is 0 Å². The lowest BCUT2D eigenvalue weighted by atomic mass is 9.70. The second-order valence-electron chi connectivity index (χ2n) is 9.01. The molecule has 0 amide bonds. The quantitative estimate of drug-likeness (QED) is 0.139. The first-order valence-corrected chi connectivity index (χ1v) is 11.3. The molecule has 0 heterocycles. The Morgan fingerprint density at radius 3 is 1.68 bits per heavy atom. The number of aliphatic hydroxyl groups is 1. The van der Waals surface area contributed by atoms with E-state index in [-0.39, 0.29) is 24.4 Å². The van der Waals surface area contributed by atoms with E-state index >= 15 is 0 Å². The summed E-state index contributed by atoms with van der Waals surface area (Å²) in [5.74, 6) is -10.5. The van der Waals surface area contributed by atoms with Gasteiger partial charge in [-0.15, -0.1) is 0 Å². The second-order valence-corrected chi connectivity index (χ2v) is 9.01. The maximum Gasteiger partial charge on any atom is 0.200 e. The molecule has 0 bridgehead atoms. The smallest absolute Gasteiger partial charge is 0.200 e. The average molecular weight is 453 g/mol. The summed E-state index contributed by atoms with van der Waals surface area (Å²) in [5.41, 5.74) is -2.08. The molecular weight excluding hydrogens is 415 g/mol.